The van der Waals surface area contributed by atoms with Crippen LogP contribution in [-0.2, 0) is 20.9 Å². The first-order valence-corrected chi connectivity index (χ1v) is 8.89. The molecular formula is C16H25N3O3S. The van der Waals surface area contributed by atoms with Crippen molar-refractivity contribution in [1.29, 1.82) is 0 Å². The van der Waals surface area contributed by atoms with Gasteiger partial charge in [0.1, 0.15) is 0 Å². The summed E-state index contributed by atoms with van der Waals surface area (Å²) >= 11 is 1.70. The number of amides is 2. The highest BCUT2D eigenvalue weighted by atomic mass is 32.1. The number of carbonyl (C=O) groups is 2. The van der Waals surface area contributed by atoms with Crippen LogP contribution in [0.25, 0.3) is 0 Å². The van der Waals surface area contributed by atoms with E-state index in [0.29, 0.717) is 19.6 Å². The molecule has 2 amide bonds. The van der Waals surface area contributed by atoms with Crippen LogP contribution in [0.4, 0.5) is 0 Å². The third kappa shape index (κ3) is 7.11. The Balaban J connectivity index is 1.78. The Morgan fingerprint density at radius 1 is 1.39 bits per heavy atom. The molecule has 1 aromatic heterocycles. The zero-order valence-corrected chi connectivity index (χ0v) is 14.4. The highest BCUT2D eigenvalue weighted by Crippen LogP contribution is 2.16. The quantitative estimate of drug-likeness (QED) is 0.658. The van der Waals surface area contributed by atoms with Crippen LogP contribution < -0.4 is 10.6 Å². The largest absolute Gasteiger partial charge is 0.377 e. The second-order valence-electron chi connectivity index (χ2n) is 5.72. The first kappa shape index (κ1) is 17.9. The molecule has 0 saturated carbocycles. The summed E-state index contributed by atoms with van der Waals surface area (Å²) in [6.07, 6.45) is 2.38. The fourth-order valence-electron chi connectivity index (χ4n) is 2.58. The van der Waals surface area contributed by atoms with E-state index < -0.39 is 0 Å². The molecule has 2 N–H and O–H groups in total. The Hall–Kier alpha value is -1.44. The zero-order valence-electron chi connectivity index (χ0n) is 13.5. The minimum absolute atomic E-state index is 0.0232. The van der Waals surface area contributed by atoms with E-state index in [0.717, 1.165) is 32.5 Å². The highest BCUT2D eigenvalue weighted by Gasteiger charge is 2.21. The SMILES string of the molecule is CC(=O)NCCNC(=O)CN(Cc1cccs1)CC1CCCO1. The summed E-state index contributed by atoms with van der Waals surface area (Å²) in [7, 11) is 0. The van der Waals surface area contributed by atoms with Gasteiger partial charge in [-0.1, -0.05) is 6.07 Å². The maximum absolute atomic E-state index is 12.1. The topological polar surface area (TPSA) is 70.7 Å². The summed E-state index contributed by atoms with van der Waals surface area (Å²) in [6.45, 7) is 5.07. The Kier molecular flexibility index (Phi) is 7.51. The molecule has 0 aromatic carbocycles. The lowest BCUT2D eigenvalue weighted by Crippen LogP contribution is -2.42. The van der Waals surface area contributed by atoms with Crippen LogP contribution in [0.1, 0.15) is 24.6 Å². The van der Waals surface area contributed by atoms with Crippen LogP contribution in [0.2, 0.25) is 0 Å². The number of hydrogen-bond donors (Lipinski definition) is 2. The molecule has 1 fully saturated rings. The Morgan fingerprint density at radius 3 is 2.87 bits per heavy atom. The van der Waals surface area contributed by atoms with E-state index in [1.807, 2.05) is 11.4 Å². The van der Waals surface area contributed by atoms with Crippen molar-refractivity contribution < 1.29 is 14.3 Å². The average molecular weight is 339 g/mol. The molecule has 0 aliphatic carbocycles. The highest BCUT2D eigenvalue weighted by molar-refractivity contribution is 7.09. The molecule has 1 aromatic rings. The first-order valence-electron chi connectivity index (χ1n) is 8.01. The van der Waals surface area contributed by atoms with Gasteiger partial charge in [-0.3, -0.25) is 14.5 Å². The summed E-state index contributed by atoms with van der Waals surface area (Å²) in [6, 6.07) is 4.11. The van der Waals surface area contributed by atoms with Crippen molar-refractivity contribution in [2.24, 2.45) is 0 Å². The van der Waals surface area contributed by atoms with Crippen molar-refractivity contribution in [2.75, 3.05) is 32.8 Å². The molecule has 1 aliphatic rings. The van der Waals surface area contributed by atoms with E-state index in [4.69, 9.17) is 4.74 Å². The summed E-state index contributed by atoms with van der Waals surface area (Å²) in [5.41, 5.74) is 0. The monoisotopic (exact) mass is 339 g/mol. The van der Waals surface area contributed by atoms with Gasteiger partial charge in [-0.05, 0) is 24.3 Å². The number of nitrogens with zero attached hydrogens (tertiary/aromatic N) is 1. The van der Waals surface area contributed by atoms with Gasteiger partial charge in [-0.15, -0.1) is 11.3 Å². The summed E-state index contributed by atoms with van der Waals surface area (Å²) in [5, 5.41) is 7.55. The second-order valence-corrected chi connectivity index (χ2v) is 6.75. The van der Waals surface area contributed by atoms with Crippen LogP contribution in [0.3, 0.4) is 0 Å². The minimum Gasteiger partial charge on any atom is -0.377 e. The molecule has 1 atom stereocenters. The maximum atomic E-state index is 12.1. The summed E-state index contributed by atoms with van der Waals surface area (Å²) < 4.78 is 5.69. The van der Waals surface area contributed by atoms with Gasteiger partial charge in [-0.2, -0.15) is 0 Å². The first-order chi connectivity index (χ1) is 11.1. The Labute approximate surface area is 141 Å². The molecule has 2 rings (SSSR count). The van der Waals surface area contributed by atoms with E-state index in [9.17, 15) is 9.59 Å². The van der Waals surface area contributed by atoms with Crippen molar-refractivity contribution in [1.82, 2.24) is 15.5 Å². The lowest BCUT2D eigenvalue weighted by molar-refractivity contribution is -0.123. The van der Waals surface area contributed by atoms with E-state index in [-0.39, 0.29) is 17.9 Å². The van der Waals surface area contributed by atoms with Crippen molar-refractivity contribution in [3.8, 4) is 0 Å². The standard InChI is InChI=1S/C16H25N3O3S/c1-13(20)17-6-7-18-16(21)12-19(10-14-4-2-8-22-14)11-15-5-3-9-23-15/h3,5,9,14H,2,4,6-8,10-12H2,1H3,(H,17,20)(H,18,21). The van der Waals surface area contributed by atoms with Crippen molar-refractivity contribution in [3.05, 3.63) is 22.4 Å². The minimum atomic E-state index is -0.0862. The second kappa shape index (κ2) is 9.64. The molecule has 2 heterocycles. The molecule has 23 heavy (non-hydrogen) atoms. The lowest BCUT2D eigenvalue weighted by Gasteiger charge is -2.24. The fraction of sp³-hybridized carbons (Fsp3) is 0.625. The summed E-state index contributed by atoms with van der Waals surface area (Å²) in [4.78, 5) is 26.3. The van der Waals surface area contributed by atoms with Gasteiger partial charge >= 0.3 is 0 Å². The number of nitrogens with one attached hydrogen (secondary N) is 2. The van der Waals surface area contributed by atoms with Crippen molar-refractivity contribution in [3.63, 3.8) is 0 Å². The molecule has 0 bridgehead atoms. The number of thiophene rings is 1. The molecule has 1 unspecified atom stereocenters. The smallest absolute Gasteiger partial charge is 0.234 e. The molecule has 0 radical (unpaired) electrons. The van der Waals surface area contributed by atoms with Crippen LogP contribution in [0.5, 0.6) is 0 Å². The fourth-order valence-corrected chi connectivity index (χ4v) is 3.33. The average Bonchev–Trinajstić information content (AvgIpc) is 3.17. The molecule has 1 saturated heterocycles. The Morgan fingerprint density at radius 2 is 2.22 bits per heavy atom. The van der Waals surface area contributed by atoms with Gasteiger partial charge in [0.25, 0.3) is 0 Å². The number of carbonyl (C=O) groups excluding carboxylic acids is 2. The van der Waals surface area contributed by atoms with Crippen molar-refractivity contribution in [2.45, 2.75) is 32.4 Å². The van der Waals surface area contributed by atoms with Gasteiger partial charge in [-0.25, -0.2) is 0 Å². The van der Waals surface area contributed by atoms with Gasteiger partial charge in [0.05, 0.1) is 12.6 Å². The van der Waals surface area contributed by atoms with E-state index in [2.05, 4.69) is 21.6 Å². The van der Waals surface area contributed by atoms with Crippen LogP contribution >= 0.6 is 11.3 Å². The third-order valence-electron chi connectivity index (χ3n) is 3.63. The van der Waals surface area contributed by atoms with Crippen LogP contribution in [-0.4, -0.2) is 55.6 Å². The van der Waals surface area contributed by atoms with Gasteiger partial charge in [0, 0.05) is 44.6 Å². The predicted octanol–water partition coefficient (Wildman–Crippen LogP) is 0.981. The normalized spacial score (nSPS) is 17.4. The number of ether oxygens (including phenoxy) is 1. The van der Waals surface area contributed by atoms with E-state index >= 15 is 0 Å². The maximum Gasteiger partial charge on any atom is 0.234 e. The zero-order chi connectivity index (χ0) is 16.5. The predicted molar refractivity (Wildman–Crippen MR) is 90.3 cm³/mol. The van der Waals surface area contributed by atoms with Crippen LogP contribution in [0, 0.1) is 0 Å². The number of hydrogen-bond acceptors (Lipinski definition) is 5. The lowest BCUT2D eigenvalue weighted by atomic mass is 10.2. The van der Waals surface area contributed by atoms with Crippen molar-refractivity contribution >= 4 is 23.2 Å². The van der Waals surface area contributed by atoms with E-state index in [1.54, 1.807) is 11.3 Å². The van der Waals surface area contributed by atoms with Gasteiger partial charge in [0.2, 0.25) is 11.8 Å². The molecule has 7 heteroatoms. The molecule has 128 valence electrons. The summed E-state index contributed by atoms with van der Waals surface area (Å²) in [5.74, 6) is -0.109. The number of rotatable bonds is 9. The molecule has 0 spiro atoms. The molecule has 1 aliphatic heterocycles. The molecule has 6 nitrogen and oxygen atoms in total. The van der Waals surface area contributed by atoms with Gasteiger partial charge < -0.3 is 15.4 Å². The van der Waals surface area contributed by atoms with E-state index in [1.165, 1.54) is 11.8 Å². The molecular weight excluding hydrogens is 314 g/mol. The third-order valence-corrected chi connectivity index (χ3v) is 4.49. The van der Waals surface area contributed by atoms with Crippen LogP contribution in [0.15, 0.2) is 17.5 Å². The Bertz CT molecular complexity index is 487. The van der Waals surface area contributed by atoms with Gasteiger partial charge in [0.15, 0.2) is 0 Å².